The number of benzene rings is 1. The third kappa shape index (κ3) is 7.98. The van der Waals surface area contributed by atoms with Gasteiger partial charge in [-0.1, -0.05) is 0 Å². The molecular formula is C21H29N3O10. The van der Waals surface area contributed by atoms with Crippen LogP contribution in [0.15, 0.2) is 12.1 Å². The van der Waals surface area contributed by atoms with Gasteiger partial charge in [0.15, 0.2) is 11.5 Å². The number of carboxylic acids is 1. The van der Waals surface area contributed by atoms with Crippen molar-refractivity contribution in [1.82, 2.24) is 10.6 Å². The zero-order valence-electron chi connectivity index (χ0n) is 19.4. The smallest absolute Gasteiger partial charge is 0.408 e. The Morgan fingerprint density at radius 1 is 1.18 bits per heavy atom. The largest absolute Gasteiger partial charge is 0.480 e. The number of nitro groups is 1. The van der Waals surface area contributed by atoms with Crippen LogP contribution in [-0.4, -0.2) is 53.2 Å². The third-order valence-corrected chi connectivity index (χ3v) is 4.62. The summed E-state index contributed by atoms with van der Waals surface area (Å²) in [4.78, 5) is 46.0. The number of amides is 2. The minimum absolute atomic E-state index is 0.0539. The number of hydrogen-bond donors (Lipinski definition) is 3. The Morgan fingerprint density at radius 2 is 1.82 bits per heavy atom. The monoisotopic (exact) mass is 483 g/mol. The average molecular weight is 483 g/mol. The van der Waals surface area contributed by atoms with Crippen LogP contribution in [-0.2, 0) is 14.3 Å². The molecule has 3 N–H and O–H groups in total. The summed E-state index contributed by atoms with van der Waals surface area (Å²) in [6.45, 7) is 6.61. The van der Waals surface area contributed by atoms with Crippen LogP contribution >= 0.6 is 0 Å². The normalized spacial score (nSPS) is 14.0. The summed E-state index contributed by atoms with van der Waals surface area (Å²) in [5.74, 6) is -0.630. The van der Waals surface area contributed by atoms with Gasteiger partial charge in [0.25, 0.3) is 5.69 Å². The van der Waals surface area contributed by atoms with Crippen LogP contribution in [0.1, 0.15) is 58.6 Å². The lowest BCUT2D eigenvalue weighted by Crippen LogP contribution is -2.43. The van der Waals surface area contributed by atoms with Crippen molar-refractivity contribution in [2.24, 2.45) is 0 Å². The summed E-state index contributed by atoms with van der Waals surface area (Å²) in [6, 6.07) is 1.50. The number of nitrogens with zero attached hydrogens (tertiary/aromatic N) is 1. The number of nitro benzene ring substituents is 1. The molecule has 2 rings (SSSR count). The van der Waals surface area contributed by atoms with Crippen LogP contribution in [0.5, 0.6) is 11.5 Å². The number of alkyl carbamates (subject to hydrolysis) is 2. The second-order valence-electron chi connectivity index (χ2n) is 8.53. The second kappa shape index (κ2) is 11.4. The molecule has 0 bridgehead atoms. The standard InChI is InChI=1S/C21H29N3O10/c1-12(13-9-16-17(32-11-31-16)10-15(13)24(29)30)33-19(27)22-8-6-5-7-14(18(25)26)23-20(28)34-21(2,3)4/h9-10,12,14H,5-8,11H2,1-4H3,(H,22,27)(H,23,28)(H,25,26). The molecule has 1 aromatic rings. The first-order valence-electron chi connectivity index (χ1n) is 10.6. The lowest BCUT2D eigenvalue weighted by Gasteiger charge is -2.22. The molecule has 0 saturated heterocycles. The Kier molecular flexibility index (Phi) is 8.87. The fraction of sp³-hybridized carbons (Fsp3) is 0.571. The highest BCUT2D eigenvalue weighted by atomic mass is 16.7. The van der Waals surface area contributed by atoms with Crippen LogP contribution in [0.25, 0.3) is 0 Å². The molecule has 1 aliphatic rings. The maximum Gasteiger partial charge on any atom is 0.408 e. The van der Waals surface area contributed by atoms with E-state index in [0.29, 0.717) is 18.6 Å². The van der Waals surface area contributed by atoms with E-state index in [-0.39, 0.29) is 36.8 Å². The number of carboxylic acid groups (broad SMARTS) is 1. The number of unbranched alkanes of at least 4 members (excludes halogenated alkanes) is 1. The molecule has 1 heterocycles. The second-order valence-corrected chi connectivity index (χ2v) is 8.53. The fourth-order valence-corrected chi connectivity index (χ4v) is 3.07. The van der Waals surface area contributed by atoms with Gasteiger partial charge in [-0.05, 0) is 53.0 Å². The molecule has 2 amide bonds. The minimum atomic E-state index is -1.20. The van der Waals surface area contributed by atoms with E-state index < -0.39 is 40.8 Å². The summed E-state index contributed by atoms with van der Waals surface area (Å²) in [7, 11) is 0. The number of hydrogen-bond acceptors (Lipinski definition) is 9. The lowest BCUT2D eigenvalue weighted by atomic mass is 10.1. The van der Waals surface area contributed by atoms with Crippen molar-refractivity contribution in [2.75, 3.05) is 13.3 Å². The molecule has 13 nitrogen and oxygen atoms in total. The number of carbonyl (C=O) groups excluding carboxylic acids is 2. The summed E-state index contributed by atoms with van der Waals surface area (Å²) in [6.07, 6.45) is -1.63. The van der Waals surface area contributed by atoms with E-state index in [0.717, 1.165) is 0 Å². The number of fused-ring (bicyclic) bond motifs is 1. The van der Waals surface area contributed by atoms with Crippen LogP contribution < -0.4 is 20.1 Å². The summed E-state index contributed by atoms with van der Waals surface area (Å²) in [5.41, 5.74) is -0.862. The summed E-state index contributed by atoms with van der Waals surface area (Å²) in [5, 5.41) is 25.5. The predicted molar refractivity (Wildman–Crippen MR) is 117 cm³/mol. The molecule has 0 saturated carbocycles. The maximum absolute atomic E-state index is 12.1. The van der Waals surface area contributed by atoms with Crippen molar-refractivity contribution < 1.29 is 43.4 Å². The average Bonchev–Trinajstić information content (AvgIpc) is 3.17. The van der Waals surface area contributed by atoms with Gasteiger partial charge in [-0.15, -0.1) is 0 Å². The summed E-state index contributed by atoms with van der Waals surface area (Å²) >= 11 is 0. The zero-order valence-corrected chi connectivity index (χ0v) is 19.4. The highest BCUT2D eigenvalue weighted by Crippen LogP contribution is 2.40. The molecule has 0 fully saturated rings. The molecule has 0 aliphatic carbocycles. The number of ether oxygens (including phenoxy) is 4. The molecule has 13 heteroatoms. The third-order valence-electron chi connectivity index (χ3n) is 4.62. The lowest BCUT2D eigenvalue weighted by molar-refractivity contribution is -0.386. The highest BCUT2D eigenvalue weighted by molar-refractivity contribution is 5.80. The molecule has 0 spiro atoms. The van der Waals surface area contributed by atoms with Gasteiger partial charge in [0, 0.05) is 6.54 Å². The van der Waals surface area contributed by atoms with E-state index in [1.807, 2.05) is 0 Å². The van der Waals surface area contributed by atoms with Gasteiger partial charge in [-0.3, -0.25) is 10.1 Å². The quantitative estimate of drug-likeness (QED) is 0.254. The van der Waals surface area contributed by atoms with Crippen LogP contribution in [0.4, 0.5) is 15.3 Å². The SMILES string of the molecule is CC(OC(=O)NCCCCC(NC(=O)OC(C)(C)C)C(=O)O)c1cc2c(cc1[N+](=O)[O-])OCO2. The van der Waals surface area contributed by atoms with Crippen molar-refractivity contribution in [3.8, 4) is 11.5 Å². The molecule has 188 valence electrons. The Hall–Kier alpha value is -3.77. The number of rotatable bonds is 10. The van der Waals surface area contributed by atoms with Crippen LogP contribution in [0.2, 0.25) is 0 Å². The Bertz CT molecular complexity index is 928. The molecule has 2 unspecified atom stereocenters. The molecule has 0 aromatic heterocycles. The molecule has 34 heavy (non-hydrogen) atoms. The van der Waals surface area contributed by atoms with Crippen LogP contribution in [0, 0.1) is 10.1 Å². The van der Waals surface area contributed by atoms with Crippen molar-refractivity contribution in [2.45, 2.75) is 64.7 Å². The van der Waals surface area contributed by atoms with E-state index in [2.05, 4.69) is 10.6 Å². The molecule has 0 radical (unpaired) electrons. The van der Waals surface area contributed by atoms with Crippen molar-refractivity contribution >= 4 is 23.8 Å². The maximum atomic E-state index is 12.1. The number of aliphatic carboxylic acids is 1. The van der Waals surface area contributed by atoms with Crippen LogP contribution in [0.3, 0.4) is 0 Å². The predicted octanol–water partition coefficient (Wildman–Crippen LogP) is 3.26. The van der Waals surface area contributed by atoms with E-state index in [4.69, 9.17) is 18.9 Å². The van der Waals surface area contributed by atoms with Gasteiger partial charge < -0.3 is 34.7 Å². The molecule has 1 aromatic carbocycles. The Morgan fingerprint density at radius 3 is 2.41 bits per heavy atom. The first kappa shape index (κ1) is 26.5. The molecule has 2 atom stereocenters. The minimum Gasteiger partial charge on any atom is -0.480 e. The topological polar surface area (TPSA) is 176 Å². The van der Waals surface area contributed by atoms with Gasteiger partial charge in [-0.25, -0.2) is 14.4 Å². The van der Waals surface area contributed by atoms with E-state index in [1.165, 1.54) is 19.1 Å². The highest BCUT2D eigenvalue weighted by Gasteiger charge is 2.28. The van der Waals surface area contributed by atoms with Gasteiger partial charge >= 0.3 is 18.2 Å². The van der Waals surface area contributed by atoms with E-state index in [9.17, 15) is 29.6 Å². The Balaban J connectivity index is 1.79. The Labute approximate surface area is 195 Å². The van der Waals surface area contributed by atoms with Crippen molar-refractivity contribution in [1.29, 1.82) is 0 Å². The van der Waals surface area contributed by atoms with E-state index >= 15 is 0 Å². The molecular weight excluding hydrogens is 454 g/mol. The van der Waals surface area contributed by atoms with Crippen molar-refractivity contribution in [3.05, 3.63) is 27.8 Å². The van der Waals surface area contributed by atoms with Gasteiger partial charge in [0.05, 0.1) is 16.6 Å². The number of carbonyl (C=O) groups is 3. The fourth-order valence-electron chi connectivity index (χ4n) is 3.07. The van der Waals surface area contributed by atoms with Gasteiger partial charge in [-0.2, -0.15) is 0 Å². The van der Waals surface area contributed by atoms with Gasteiger partial charge in [0.2, 0.25) is 6.79 Å². The first-order chi connectivity index (χ1) is 15.9. The zero-order chi connectivity index (χ0) is 25.5. The van der Waals surface area contributed by atoms with Crippen molar-refractivity contribution in [3.63, 3.8) is 0 Å². The van der Waals surface area contributed by atoms with E-state index in [1.54, 1.807) is 20.8 Å². The van der Waals surface area contributed by atoms with Gasteiger partial charge in [0.1, 0.15) is 17.7 Å². The summed E-state index contributed by atoms with van der Waals surface area (Å²) < 4.78 is 20.7. The molecule has 1 aliphatic heterocycles. The number of nitrogens with one attached hydrogen (secondary N) is 2. The first-order valence-corrected chi connectivity index (χ1v) is 10.6.